The lowest BCUT2D eigenvalue weighted by Crippen LogP contribution is -2.28. The number of pyridine rings is 1. The van der Waals surface area contributed by atoms with Gasteiger partial charge in [-0.1, -0.05) is 30.3 Å². The van der Waals surface area contributed by atoms with E-state index in [9.17, 15) is 10.5 Å². The molecule has 1 aliphatic heterocycles. The lowest BCUT2D eigenvalue weighted by Gasteiger charge is -2.18. The number of benzene rings is 2. The molecular formula is C24H16N3O+. The van der Waals surface area contributed by atoms with Crippen molar-refractivity contribution in [3.05, 3.63) is 95.4 Å². The van der Waals surface area contributed by atoms with Crippen LogP contribution in [0.2, 0.25) is 0 Å². The predicted molar refractivity (Wildman–Crippen MR) is 107 cm³/mol. The van der Waals surface area contributed by atoms with Crippen LogP contribution in [0.4, 0.5) is 0 Å². The molecule has 0 fully saturated rings. The Morgan fingerprint density at radius 3 is 2.57 bits per heavy atom. The first-order chi connectivity index (χ1) is 13.7. The zero-order valence-electron chi connectivity index (χ0n) is 15.3. The van der Waals surface area contributed by atoms with Crippen molar-refractivity contribution in [2.24, 2.45) is 7.05 Å². The average molecular weight is 362 g/mol. The molecule has 132 valence electrons. The van der Waals surface area contributed by atoms with Crippen molar-refractivity contribution in [3.8, 4) is 17.9 Å². The topological polar surface area (TPSA) is 60.7 Å². The highest BCUT2D eigenvalue weighted by atomic mass is 16.5. The second kappa shape index (κ2) is 7.23. The third-order valence-electron chi connectivity index (χ3n) is 4.61. The maximum atomic E-state index is 9.31. The van der Waals surface area contributed by atoms with Gasteiger partial charge in [0.1, 0.15) is 36.3 Å². The molecule has 1 aromatic heterocycles. The molecular weight excluding hydrogens is 346 g/mol. The fourth-order valence-corrected chi connectivity index (χ4v) is 3.30. The summed E-state index contributed by atoms with van der Waals surface area (Å²) >= 11 is 0. The Bertz CT molecular complexity index is 1250. The summed E-state index contributed by atoms with van der Waals surface area (Å²) in [4.78, 5) is 0. The first kappa shape index (κ1) is 17.3. The van der Waals surface area contributed by atoms with Crippen molar-refractivity contribution in [1.29, 1.82) is 10.5 Å². The molecule has 0 atom stereocenters. The molecule has 4 nitrogen and oxygen atoms in total. The van der Waals surface area contributed by atoms with Gasteiger partial charge < -0.3 is 4.74 Å². The van der Waals surface area contributed by atoms with Gasteiger partial charge in [0, 0.05) is 28.2 Å². The molecule has 0 unspecified atom stereocenters. The number of hydrogen-bond donors (Lipinski definition) is 0. The Kier molecular flexibility index (Phi) is 4.46. The monoisotopic (exact) mass is 362 g/mol. The number of nitriles is 2. The minimum absolute atomic E-state index is 0.0683. The molecule has 0 saturated heterocycles. The number of aryl methyl sites for hydroxylation is 1. The van der Waals surface area contributed by atoms with Crippen LogP contribution >= 0.6 is 0 Å². The van der Waals surface area contributed by atoms with Gasteiger partial charge in [-0.2, -0.15) is 10.5 Å². The maximum Gasteiger partial charge on any atom is 0.212 e. The number of ether oxygens (including phenoxy) is 1. The lowest BCUT2D eigenvalue weighted by molar-refractivity contribution is -0.645. The van der Waals surface area contributed by atoms with Gasteiger partial charge in [-0.15, -0.1) is 0 Å². The summed E-state index contributed by atoms with van der Waals surface area (Å²) in [5.41, 5.74) is 3.57. The van der Waals surface area contributed by atoms with E-state index in [2.05, 4.69) is 22.8 Å². The molecule has 0 amide bonds. The van der Waals surface area contributed by atoms with Crippen LogP contribution in [0.1, 0.15) is 11.1 Å². The van der Waals surface area contributed by atoms with Crippen LogP contribution in [0, 0.1) is 22.7 Å². The third-order valence-corrected chi connectivity index (χ3v) is 4.61. The number of para-hydroxylation sites is 2. The van der Waals surface area contributed by atoms with Gasteiger partial charge in [-0.3, -0.25) is 0 Å². The highest BCUT2D eigenvalue weighted by Crippen LogP contribution is 2.35. The molecule has 0 saturated carbocycles. The van der Waals surface area contributed by atoms with Crippen LogP contribution in [0.15, 0.2) is 84.3 Å². The number of rotatable bonds is 2. The summed E-state index contributed by atoms with van der Waals surface area (Å²) in [7, 11) is 2.01. The summed E-state index contributed by atoms with van der Waals surface area (Å²) in [5, 5.41) is 19.8. The molecule has 4 rings (SSSR count). The Morgan fingerprint density at radius 2 is 1.75 bits per heavy atom. The van der Waals surface area contributed by atoms with E-state index in [1.54, 1.807) is 6.08 Å². The minimum Gasteiger partial charge on any atom is -0.457 e. The van der Waals surface area contributed by atoms with E-state index < -0.39 is 0 Å². The van der Waals surface area contributed by atoms with Crippen molar-refractivity contribution in [3.63, 3.8) is 0 Å². The fourth-order valence-electron chi connectivity index (χ4n) is 3.30. The van der Waals surface area contributed by atoms with Crippen LogP contribution in [-0.2, 0) is 7.05 Å². The maximum absolute atomic E-state index is 9.31. The minimum atomic E-state index is 0.0683. The van der Waals surface area contributed by atoms with Crippen LogP contribution in [-0.4, -0.2) is 0 Å². The molecule has 2 heterocycles. The molecule has 2 aromatic carbocycles. The molecule has 0 aliphatic carbocycles. The quantitative estimate of drug-likeness (QED) is 0.500. The highest BCUT2D eigenvalue weighted by Gasteiger charge is 2.18. The van der Waals surface area contributed by atoms with E-state index in [-0.39, 0.29) is 5.57 Å². The van der Waals surface area contributed by atoms with Gasteiger partial charge in [0.25, 0.3) is 0 Å². The summed E-state index contributed by atoms with van der Waals surface area (Å²) in [6, 6.07) is 21.7. The highest BCUT2D eigenvalue weighted by molar-refractivity contribution is 5.87. The van der Waals surface area contributed by atoms with Crippen molar-refractivity contribution >= 4 is 22.6 Å². The van der Waals surface area contributed by atoms with E-state index in [0.717, 1.165) is 22.0 Å². The number of nitrogens with zero attached hydrogens (tertiary/aromatic N) is 3. The third kappa shape index (κ3) is 3.16. The van der Waals surface area contributed by atoms with Crippen LogP contribution < -0.4 is 9.30 Å². The summed E-state index contributed by atoms with van der Waals surface area (Å²) in [6.45, 7) is 0. The van der Waals surface area contributed by atoms with Crippen molar-refractivity contribution in [2.75, 3.05) is 0 Å². The van der Waals surface area contributed by atoms with Crippen molar-refractivity contribution in [2.45, 2.75) is 0 Å². The number of aromatic nitrogens is 1. The van der Waals surface area contributed by atoms with Gasteiger partial charge in [-0.25, -0.2) is 4.57 Å². The molecule has 3 aromatic rings. The molecule has 28 heavy (non-hydrogen) atoms. The van der Waals surface area contributed by atoms with E-state index in [1.165, 1.54) is 0 Å². The summed E-state index contributed by atoms with van der Waals surface area (Å²) in [5.74, 6) is 1.21. The molecule has 1 aliphatic rings. The molecule has 0 spiro atoms. The zero-order valence-corrected chi connectivity index (χ0v) is 15.3. The number of hydrogen-bond acceptors (Lipinski definition) is 3. The molecule has 0 N–H and O–H groups in total. The largest absolute Gasteiger partial charge is 0.457 e. The number of fused-ring (bicyclic) bond motifs is 2. The van der Waals surface area contributed by atoms with E-state index >= 15 is 0 Å². The van der Waals surface area contributed by atoms with Crippen molar-refractivity contribution in [1.82, 2.24) is 0 Å². The Balaban J connectivity index is 1.75. The van der Waals surface area contributed by atoms with Gasteiger partial charge in [0.15, 0.2) is 6.20 Å². The Labute approximate surface area is 163 Å². The molecule has 4 heteroatoms. The smallest absolute Gasteiger partial charge is 0.212 e. The Hall–Kier alpha value is -4.15. The SMILES string of the molecule is C[n+]1cc(/C=C/C2=CC(=C(C#N)C#N)c3ccccc3O2)cc2ccccc21. The first-order valence-corrected chi connectivity index (χ1v) is 8.79. The van der Waals surface area contributed by atoms with E-state index in [1.807, 2.05) is 73.9 Å². The normalized spacial score (nSPS) is 12.7. The zero-order chi connectivity index (χ0) is 19.5. The van der Waals surface area contributed by atoms with Crippen LogP contribution in [0.5, 0.6) is 5.75 Å². The Morgan fingerprint density at radius 1 is 1.00 bits per heavy atom. The van der Waals surface area contributed by atoms with Crippen molar-refractivity contribution < 1.29 is 9.30 Å². The second-order valence-electron chi connectivity index (χ2n) is 6.43. The fraction of sp³-hybridized carbons (Fsp3) is 0.0417. The van der Waals surface area contributed by atoms with E-state index in [0.29, 0.717) is 17.1 Å². The second-order valence-corrected chi connectivity index (χ2v) is 6.43. The van der Waals surface area contributed by atoms with Gasteiger partial charge >= 0.3 is 0 Å². The average Bonchev–Trinajstić information content (AvgIpc) is 2.73. The van der Waals surface area contributed by atoms with Gasteiger partial charge in [-0.05, 0) is 36.4 Å². The molecule has 0 bridgehead atoms. The van der Waals surface area contributed by atoms with E-state index in [4.69, 9.17) is 4.74 Å². The standard InChI is InChI=1S/C24H16N3O/c1-27-16-17(12-18-6-2-4-8-23(18)27)10-11-20-13-22(19(14-25)15-26)21-7-3-5-9-24(21)28-20/h2-13,16H,1H3/q+1/b11-10+. The van der Waals surface area contributed by atoms with Crippen LogP contribution in [0.25, 0.3) is 22.6 Å². The predicted octanol–water partition coefficient (Wildman–Crippen LogP) is 4.45. The van der Waals surface area contributed by atoms with Gasteiger partial charge in [0.2, 0.25) is 5.52 Å². The summed E-state index contributed by atoms with van der Waals surface area (Å²) in [6.07, 6.45) is 7.60. The number of allylic oxidation sites excluding steroid dienone is 4. The molecule has 0 radical (unpaired) electrons. The lowest BCUT2D eigenvalue weighted by atomic mass is 9.97. The first-order valence-electron chi connectivity index (χ1n) is 8.79. The van der Waals surface area contributed by atoms with Crippen LogP contribution in [0.3, 0.4) is 0 Å². The summed E-state index contributed by atoms with van der Waals surface area (Å²) < 4.78 is 8.03. The van der Waals surface area contributed by atoms with Gasteiger partial charge in [0.05, 0.1) is 0 Å².